The van der Waals surface area contributed by atoms with Gasteiger partial charge in [0.05, 0.1) is 0 Å². The van der Waals surface area contributed by atoms with Crippen LogP contribution < -0.4 is 5.73 Å². The molecule has 0 aliphatic rings. The van der Waals surface area contributed by atoms with Gasteiger partial charge in [-0.05, 0) is 0 Å². The van der Waals surface area contributed by atoms with E-state index in [0.29, 0.717) is 0 Å². The predicted octanol–water partition coefficient (Wildman–Crippen LogP) is -0.00230. The SMILES string of the molecule is CC(C)([C]=O)CC(N)=O. The first-order chi connectivity index (χ1) is 3.98. The van der Waals surface area contributed by atoms with Gasteiger partial charge in [-0.3, -0.25) is 9.59 Å². The summed E-state index contributed by atoms with van der Waals surface area (Å²) in [6.45, 7) is 3.23. The molecule has 1 amide bonds. The first-order valence-corrected chi connectivity index (χ1v) is 2.65. The van der Waals surface area contributed by atoms with Crippen LogP contribution in [0, 0.1) is 5.41 Å². The lowest BCUT2D eigenvalue weighted by Crippen LogP contribution is -2.23. The third-order valence-electron chi connectivity index (χ3n) is 0.892. The zero-order valence-corrected chi connectivity index (χ0v) is 5.60. The highest BCUT2D eigenvalue weighted by Crippen LogP contribution is 2.14. The maximum absolute atomic E-state index is 10.2. The second-order valence-electron chi connectivity index (χ2n) is 2.63. The predicted molar refractivity (Wildman–Crippen MR) is 33.3 cm³/mol. The summed E-state index contributed by atoms with van der Waals surface area (Å²) < 4.78 is 0. The molecule has 0 bridgehead atoms. The van der Waals surface area contributed by atoms with Crippen molar-refractivity contribution < 1.29 is 9.59 Å². The molecular weight excluding hydrogens is 118 g/mol. The third-order valence-corrected chi connectivity index (χ3v) is 0.892. The number of carbonyl (C=O) groups is 1. The van der Waals surface area contributed by atoms with Crippen LogP contribution in [0.3, 0.4) is 0 Å². The van der Waals surface area contributed by atoms with E-state index in [1.807, 2.05) is 0 Å². The zero-order valence-electron chi connectivity index (χ0n) is 5.60. The van der Waals surface area contributed by atoms with Crippen molar-refractivity contribution in [2.45, 2.75) is 20.3 Å². The minimum atomic E-state index is -0.716. The number of hydrogen-bond acceptors (Lipinski definition) is 2. The Balaban J connectivity index is 3.86. The molecule has 1 radical (unpaired) electrons. The summed E-state index contributed by atoms with van der Waals surface area (Å²) in [6, 6.07) is 0. The summed E-state index contributed by atoms with van der Waals surface area (Å²) in [5.41, 5.74) is 4.12. The molecule has 0 rings (SSSR count). The van der Waals surface area contributed by atoms with Crippen LogP contribution in [0.15, 0.2) is 0 Å². The molecule has 0 aliphatic carbocycles. The maximum atomic E-state index is 10.2. The van der Waals surface area contributed by atoms with Crippen LogP contribution in [0.1, 0.15) is 20.3 Å². The summed E-state index contributed by atoms with van der Waals surface area (Å²) in [5.74, 6) is -0.469. The minimum absolute atomic E-state index is 0.0660. The van der Waals surface area contributed by atoms with Crippen LogP contribution in [-0.4, -0.2) is 12.2 Å². The van der Waals surface area contributed by atoms with Gasteiger partial charge in [-0.25, -0.2) is 0 Å². The van der Waals surface area contributed by atoms with Crippen molar-refractivity contribution in [2.75, 3.05) is 0 Å². The molecule has 0 aromatic carbocycles. The van der Waals surface area contributed by atoms with Crippen LogP contribution in [0.2, 0.25) is 0 Å². The van der Waals surface area contributed by atoms with Crippen molar-refractivity contribution in [1.29, 1.82) is 0 Å². The van der Waals surface area contributed by atoms with Gasteiger partial charge in [0.1, 0.15) is 0 Å². The molecule has 0 unspecified atom stereocenters. The fraction of sp³-hybridized carbons (Fsp3) is 0.667. The van der Waals surface area contributed by atoms with Crippen molar-refractivity contribution in [3.63, 3.8) is 0 Å². The van der Waals surface area contributed by atoms with Gasteiger partial charge < -0.3 is 5.73 Å². The first kappa shape index (κ1) is 8.14. The average Bonchev–Trinajstić information content (AvgIpc) is 1.63. The number of hydrogen-bond donors (Lipinski definition) is 1. The molecule has 0 fully saturated rings. The summed E-state index contributed by atoms with van der Waals surface area (Å²) >= 11 is 0. The van der Waals surface area contributed by atoms with Gasteiger partial charge >= 0.3 is 0 Å². The Kier molecular flexibility index (Phi) is 2.37. The lowest BCUT2D eigenvalue weighted by molar-refractivity contribution is -0.119. The molecule has 0 saturated heterocycles. The van der Waals surface area contributed by atoms with E-state index >= 15 is 0 Å². The van der Waals surface area contributed by atoms with E-state index in [0.717, 1.165) is 0 Å². The smallest absolute Gasteiger partial charge is 0.218 e. The Morgan fingerprint density at radius 3 is 2.22 bits per heavy atom. The number of amides is 1. The molecule has 2 N–H and O–H groups in total. The van der Waals surface area contributed by atoms with E-state index in [4.69, 9.17) is 5.73 Å². The minimum Gasteiger partial charge on any atom is -0.370 e. The van der Waals surface area contributed by atoms with Crippen molar-refractivity contribution in [2.24, 2.45) is 11.1 Å². The van der Waals surface area contributed by atoms with E-state index in [1.54, 1.807) is 20.1 Å². The Morgan fingerprint density at radius 2 is 2.11 bits per heavy atom. The van der Waals surface area contributed by atoms with Gasteiger partial charge in [-0.15, -0.1) is 0 Å². The summed E-state index contributed by atoms with van der Waals surface area (Å²) in [5, 5.41) is 0. The second kappa shape index (κ2) is 2.62. The van der Waals surface area contributed by atoms with Crippen LogP contribution in [0.25, 0.3) is 0 Å². The summed E-state index contributed by atoms with van der Waals surface area (Å²) in [4.78, 5) is 20.2. The van der Waals surface area contributed by atoms with Crippen LogP contribution in [0.5, 0.6) is 0 Å². The highest BCUT2D eigenvalue weighted by molar-refractivity contribution is 5.78. The van der Waals surface area contributed by atoms with Gasteiger partial charge in [0.2, 0.25) is 12.2 Å². The van der Waals surface area contributed by atoms with E-state index in [9.17, 15) is 9.59 Å². The van der Waals surface area contributed by atoms with E-state index < -0.39 is 11.3 Å². The quantitative estimate of drug-likeness (QED) is 0.581. The summed E-state index contributed by atoms with van der Waals surface area (Å²) in [6.07, 6.45) is 1.79. The lowest BCUT2D eigenvalue weighted by atomic mass is 9.91. The first-order valence-electron chi connectivity index (χ1n) is 2.65. The Morgan fingerprint density at radius 1 is 1.67 bits per heavy atom. The second-order valence-corrected chi connectivity index (χ2v) is 2.63. The number of primary amides is 1. The highest BCUT2D eigenvalue weighted by atomic mass is 16.1. The molecule has 0 atom stereocenters. The van der Waals surface area contributed by atoms with Gasteiger partial charge in [0.15, 0.2) is 0 Å². The number of rotatable bonds is 3. The van der Waals surface area contributed by atoms with Gasteiger partial charge in [0.25, 0.3) is 0 Å². The Bertz CT molecular complexity index is 129. The molecule has 0 spiro atoms. The fourth-order valence-electron chi connectivity index (χ4n) is 0.472. The molecule has 51 valence electrons. The molecule has 0 saturated carbocycles. The van der Waals surface area contributed by atoms with Gasteiger partial charge in [0, 0.05) is 11.8 Å². The molecule has 0 aromatic heterocycles. The number of nitrogens with two attached hydrogens (primary N) is 1. The standard InChI is InChI=1S/C6H10NO2/c1-6(2,4-8)3-5(7)9/h3H2,1-2H3,(H2,7,9). The molecule has 0 aromatic rings. The van der Waals surface area contributed by atoms with Crippen molar-refractivity contribution >= 4 is 12.2 Å². The molecule has 3 nitrogen and oxygen atoms in total. The third kappa shape index (κ3) is 3.70. The topological polar surface area (TPSA) is 60.2 Å². The highest BCUT2D eigenvalue weighted by Gasteiger charge is 2.20. The maximum Gasteiger partial charge on any atom is 0.218 e. The van der Waals surface area contributed by atoms with Crippen LogP contribution >= 0.6 is 0 Å². The molecule has 0 aliphatic heterocycles. The zero-order chi connectivity index (χ0) is 7.49. The number of carbonyl (C=O) groups excluding carboxylic acids is 2. The van der Waals surface area contributed by atoms with Gasteiger partial charge in [-0.2, -0.15) is 0 Å². The monoisotopic (exact) mass is 128 g/mol. The van der Waals surface area contributed by atoms with Crippen LogP contribution in [0.4, 0.5) is 0 Å². The summed E-state index contributed by atoms with van der Waals surface area (Å²) in [7, 11) is 0. The molecule has 9 heavy (non-hydrogen) atoms. The molecular formula is C6H10NO2. The fourth-order valence-corrected chi connectivity index (χ4v) is 0.472. The van der Waals surface area contributed by atoms with Crippen molar-refractivity contribution in [3.05, 3.63) is 0 Å². The largest absolute Gasteiger partial charge is 0.370 e. The van der Waals surface area contributed by atoms with Crippen molar-refractivity contribution in [1.82, 2.24) is 0 Å². The van der Waals surface area contributed by atoms with Crippen molar-refractivity contribution in [3.8, 4) is 0 Å². The van der Waals surface area contributed by atoms with E-state index in [1.165, 1.54) is 0 Å². The normalized spacial score (nSPS) is 10.9. The molecule has 0 heterocycles. The van der Waals surface area contributed by atoms with Gasteiger partial charge in [-0.1, -0.05) is 13.8 Å². The Labute approximate surface area is 54.2 Å². The lowest BCUT2D eigenvalue weighted by Gasteiger charge is -2.10. The van der Waals surface area contributed by atoms with E-state index in [2.05, 4.69) is 0 Å². The average molecular weight is 128 g/mol. The Hall–Kier alpha value is -0.860. The van der Waals surface area contributed by atoms with Crippen LogP contribution in [-0.2, 0) is 9.59 Å². The molecule has 3 heteroatoms. The van der Waals surface area contributed by atoms with E-state index in [-0.39, 0.29) is 6.42 Å².